The molecule has 0 aliphatic carbocycles. The van der Waals surface area contributed by atoms with Gasteiger partial charge in [-0.15, -0.1) is 0 Å². The van der Waals surface area contributed by atoms with Crippen LogP contribution in [0.25, 0.3) is 26.4 Å². The minimum Gasteiger partial charge on any atom is -0.295 e. The molecule has 2 aromatic carbocycles. The highest BCUT2D eigenvalue weighted by Crippen LogP contribution is 2.30. The van der Waals surface area contributed by atoms with E-state index in [-0.39, 0.29) is 5.78 Å². The molecule has 2 heterocycles. The van der Waals surface area contributed by atoms with E-state index in [0.29, 0.717) is 37.9 Å². The van der Waals surface area contributed by atoms with E-state index >= 15 is 0 Å². The molecule has 0 unspecified atom stereocenters. The molecule has 0 saturated carbocycles. The monoisotopic (exact) mass is 473 g/mol. The van der Waals surface area contributed by atoms with Gasteiger partial charge in [0.15, 0.2) is 10.7 Å². The van der Waals surface area contributed by atoms with Gasteiger partial charge in [-0.3, -0.25) is 14.1 Å². The summed E-state index contributed by atoms with van der Waals surface area (Å²) in [6, 6.07) is 13.9. The number of aryl methyl sites for hydroxylation is 1. The van der Waals surface area contributed by atoms with Crippen LogP contribution in [0.1, 0.15) is 42.1 Å². The highest BCUT2D eigenvalue weighted by molar-refractivity contribution is 7.23. The quantitative estimate of drug-likeness (QED) is 0.199. The zero-order chi connectivity index (χ0) is 23.6. The minimum absolute atomic E-state index is 0.0160. The summed E-state index contributed by atoms with van der Waals surface area (Å²) in [5.41, 5.74) is 4.80. The van der Waals surface area contributed by atoms with E-state index in [4.69, 9.17) is 4.98 Å². The summed E-state index contributed by atoms with van der Waals surface area (Å²) in [4.78, 5) is 19.6. The maximum Gasteiger partial charge on any atom is 0.401 e. The number of halogens is 3. The van der Waals surface area contributed by atoms with Crippen molar-refractivity contribution in [3.63, 3.8) is 0 Å². The van der Waals surface area contributed by atoms with Crippen LogP contribution in [0.4, 0.5) is 13.2 Å². The second-order valence-electron chi connectivity index (χ2n) is 8.30. The third kappa shape index (κ3) is 5.62. The van der Waals surface area contributed by atoms with Crippen molar-refractivity contribution in [3.05, 3.63) is 59.8 Å². The molecule has 2 aromatic heterocycles. The largest absolute Gasteiger partial charge is 0.401 e. The first-order valence-corrected chi connectivity index (χ1v) is 11.9. The number of carbonyl (C=O) groups is 1. The fourth-order valence-corrected chi connectivity index (χ4v) is 5.03. The topological polar surface area (TPSA) is 37.6 Å². The van der Waals surface area contributed by atoms with Crippen molar-refractivity contribution < 1.29 is 18.0 Å². The maximum absolute atomic E-state index is 12.6. The number of benzene rings is 2. The lowest BCUT2D eigenvalue weighted by molar-refractivity contribution is -0.145. The lowest BCUT2D eigenvalue weighted by Gasteiger charge is -2.21. The van der Waals surface area contributed by atoms with Gasteiger partial charge in [-0.1, -0.05) is 42.0 Å². The van der Waals surface area contributed by atoms with E-state index in [2.05, 4.69) is 19.1 Å². The van der Waals surface area contributed by atoms with Crippen molar-refractivity contribution >= 4 is 32.3 Å². The van der Waals surface area contributed by atoms with Gasteiger partial charge in [0, 0.05) is 23.7 Å². The van der Waals surface area contributed by atoms with Gasteiger partial charge in [-0.2, -0.15) is 13.2 Å². The molecule has 33 heavy (non-hydrogen) atoms. The van der Waals surface area contributed by atoms with Crippen LogP contribution < -0.4 is 0 Å². The predicted octanol–water partition coefficient (Wildman–Crippen LogP) is 6.76. The number of thiazole rings is 1. The van der Waals surface area contributed by atoms with E-state index in [1.54, 1.807) is 6.92 Å². The van der Waals surface area contributed by atoms with Gasteiger partial charge in [0.05, 0.1) is 22.5 Å². The predicted molar refractivity (Wildman–Crippen MR) is 127 cm³/mol. The number of unbranched alkanes of at least 4 members (excludes halogenated alkanes) is 1. The molecule has 0 saturated heterocycles. The molecule has 0 radical (unpaired) electrons. The molecular weight excluding hydrogens is 447 g/mol. The SMILES string of the molecule is CCN(CCCCC(=O)c1ccc2c(c1)sc1nc(-c3cccc(C)c3)cn12)CC(F)(F)F. The number of rotatable bonds is 9. The average molecular weight is 474 g/mol. The molecule has 4 nitrogen and oxygen atoms in total. The Kier molecular flexibility index (Phi) is 6.86. The Morgan fingerprint density at radius 1 is 1.15 bits per heavy atom. The first-order valence-electron chi connectivity index (χ1n) is 11.0. The lowest BCUT2D eigenvalue weighted by atomic mass is 10.1. The minimum atomic E-state index is -4.19. The summed E-state index contributed by atoms with van der Waals surface area (Å²) in [5, 5.41) is 0. The molecule has 8 heteroatoms. The Morgan fingerprint density at radius 3 is 2.70 bits per heavy atom. The van der Waals surface area contributed by atoms with Gasteiger partial charge < -0.3 is 0 Å². The van der Waals surface area contributed by atoms with Gasteiger partial charge in [0.25, 0.3) is 0 Å². The molecule has 0 N–H and O–H groups in total. The van der Waals surface area contributed by atoms with Crippen molar-refractivity contribution in [1.82, 2.24) is 14.3 Å². The Bertz CT molecular complexity index is 1280. The number of aromatic nitrogens is 2. The van der Waals surface area contributed by atoms with Crippen LogP contribution in [0.2, 0.25) is 0 Å². The standard InChI is InChI=1S/C25H26F3N3OS/c1-3-30(16-25(26,27)28)12-5-4-9-22(32)19-10-11-21-23(14-19)33-24-29-20(15-31(21)24)18-8-6-7-17(2)13-18/h6-8,10-11,13-15H,3-5,9,12,16H2,1-2H3. The Balaban J connectivity index is 1.41. The number of fused-ring (bicyclic) bond motifs is 3. The number of ketones is 1. The molecule has 4 aromatic rings. The summed E-state index contributed by atoms with van der Waals surface area (Å²) in [6.45, 7) is 3.55. The molecule has 0 aliphatic rings. The maximum atomic E-state index is 12.6. The Labute approximate surface area is 194 Å². The zero-order valence-corrected chi connectivity index (χ0v) is 19.5. The fourth-order valence-electron chi connectivity index (χ4n) is 3.99. The van der Waals surface area contributed by atoms with Gasteiger partial charge in [-0.25, -0.2) is 4.98 Å². The van der Waals surface area contributed by atoms with Crippen LogP contribution in [-0.4, -0.2) is 45.9 Å². The van der Waals surface area contributed by atoms with Crippen LogP contribution >= 0.6 is 11.3 Å². The van der Waals surface area contributed by atoms with Crippen molar-refractivity contribution in [1.29, 1.82) is 0 Å². The van der Waals surface area contributed by atoms with Gasteiger partial charge >= 0.3 is 6.18 Å². The average Bonchev–Trinajstić information content (AvgIpc) is 3.32. The van der Waals surface area contributed by atoms with Crippen LogP contribution in [0.5, 0.6) is 0 Å². The number of carbonyl (C=O) groups excluding carboxylic acids is 1. The van der Waals surface area contributed by atoms with Gasteiger partial charge in [0.2, 0.25) is 0 Å². The number of hydrogen-bond donors (Lipinski definition) is 0. The van der Waals surface area contributed by atoms with E-state index in [9.17, 15) is 18.0 Å². The van der Waals surface area contributed by atoms with Crippen molar-refractivity contribution in [3.8, 4) is 11.3 Å². The number of hydrogen-bond acceptors (Lipinski definition) is 4. The fraction of sp³-hybridized carbons (Fsp3) is 0.360. The molecular formula is C25H26F3N3OS. The molecule has 174 valence electrons. The second-order valence-corrected chi connectivity index (χ2v) is 9.31. The third-order valence-corrected chi connectivity index (χ3v) is 6.73. The summed E-state index contributed by atoms with van der Waals surface area (Å²) in [5.74, 6) is 0.0160. The highest BCUT2D eigenvalue weighted by atomic mass is 32.1. The summed E-state index contributed by atoms with van der Waals surface area (Å²) in [7, 11) is 0. The van der Waals surface area contributed by atoms with Crippen molar-refractivity contribution in [2.45, 2.75) is 39.3 Å². The molecule has 0 fully saturated rings. The molecule has 0 bridgehead atoms. The Morgan fingerprint density at radius 2 is 1.97 bits per heavy atom. The number of imidazole rings is 1. The zero-order valence-electron chi connectivity index (χ0n) is 18.7. The van der Waals surface area contributed by atoms with E-state index in [1.807, 2.05) is 40.9 Å². The number of Topliss-reactive ketones (excluding diaryl/α,β-unsaturated/α-hetero) is 1. The van der Waals surface area contributed by atoms with Crippen molar-refractivity contribution in [2.75, 3.05) is 19.6 Å². The highest BCUT2D eigenvalue weighted by Gasteiger charge is 2.29. The van der Waals surface area contributed by atoms with Gasteiger partial charge in [-0.05, 0) is 57.1 Å². The van der Waals surface area contributed by atoms with E-state index < -0.39 is 12.7 Å². The van der Waals surface area contributed by atoms with Crippen LogP contribution in [0.15, 0.2) is 48.7 Å². The van der Waals surface area contributed by atoms with Crippen molar-refractivity contribution in [2.24, 2.45) is 0 Å². The summed E-state index contributed by atoms with van der Waals surface area (Å²) < 4.78 is 40.7. The molecule has 4 rings (SSSR count). The van der Waals surface area contributed by atoms with Gasteiger partial charge in [0.1, 0.15) is 0 Å². The van der Waals surface area contributed by atoms with Crippen LogP contribution in [0.3, 0.4) is 0 Å². The molecule has 0 atom stereocenters. The first kappa shape index (κ1) is 23.4. The van der Waals surface area contributed by atoms with Crippen LogP contribution in [0, 0.1) is 6.92 Å². The number of alkyl halides is 3. The smallest absolute Gasteiger partial charge is 0.295 e. The van der Waals surface area contributed by atoms with E-state index in [0.717, 1.165) is 26.4 Å². The summed E-state index contributed by atoms with van der Waals surface area (Å²) >= 11 is 1.54. The normalized spacial score (nSPS) is 12.3. The lowest BCUT2D eigenvalue weighted by Crippen LogP contribution is -2.34. The third-order valence-electron chi connectivity index (χ3n) is 5.71. The molecule has 0 aliphatic heterocycles. The number of nitrogens with zero attached hydrogens (tertiary/aromatic N) is 3. The first-order chi connectivity index (χ1) is 15.7. The molecule has 0 spiro atoms. The Hall–Kier alpha value is -2.71. The van der Waals surface area contributed by atoms with E-state index in [1.165, 1.54) is 21.8 Å². The molecule has 0 amide bonds. The van der Waals surface area contributed by atoms with Crippen LogP contribution in [-0.2, 0) is 0 Å². The second kappa shape index (κ2) is 9.65. The summed E-state index contributed by atoms with van der Waals surface area (Å²) in [6.07, 6.45) is -0.714.